The third kappa shape index (κ3) is 4.19. The van der Waals surface area contributed by atoms with Gasteiger partial charge in [-0.2, -0.15) is 0 Å². The van der Waals surface area contributed by atoms with Crippen molar-refractivity contribution in [1.82, 2.24) is 4.72 Å². The second-order valence-electron chi connectivity index (χ2n) is 7.58. The van der Waals surface area contributed by atoms with Crippen LogP contribution in [-0.4, -0.2) is 28.5 Å². The fourth-order valence-electron chi connectivity index (χ4n) is 3.65. The molecule has 0 aliphatic heterocycles. The molecule has 0 bridgehead atoms. The van der Waals surface area contributed by atoms with Gasteiger partial charge in [-0.3, -0.25) is 4.79 Å². The Morgan fingerprint density at radius 2 is 1.61 bits per heavy atom. The van der Waals surface area contributed by atoms with E-state index in [1.165, 1.54) is 7.05 Å². The molecule has 31 heavy (non-hydrogen) atoms. The standard InChI is InChI=1S/C24H24N2O4S/c1-25-31(28,29)22-12-6-17(7-13-22)18-4-3-5-20(16-18)26-23(27)24(14-15-24)19-8-10-21(30-2)11-9-19/h3-13,16,25H,14-15H2,1-2H3,(H,26,27). The number of sulfonamides is 1. The fraction of sp³-hybridized carbons (Fsp3) is 0.208. The van der Waals surface area contributed by atoms with Crippen LogP contribution in [0.25, 0.3) is 11.1 Å². The molecule has 7 heteroatoms. The summed E-state index contributed by atoms with van der Waals surface area (Å²) in [6.07, 6.45) is 1.62. The minimum Gasteiger partial charge on any atom is -0.497 e. The van der Waals surface area contributed by atoms with Gasteiger partial charge in [0.25, 0.3) is 0 Å². The predicted octanol–water partition coefficient (Wildman–Crippen LogP) is 3.94. The van der Waals surface area contributed by atoms with Gasteiger partial charge in [-0.05, 0) is 73.0 Å². The Labute approximate surface area is 182 Å². The first-order valence-electron chi connectivity index (χ1n) is 9.98. The van der Waals surface area contributed by atoms with Crippen LogP contribution >= 0.6 is 0 Å². The number of hydrogen-bond donors (Lipinski definition) is 2. The number of amides is 1. The smallest absolute Gasteiger partial charge is 0.240 e. The lowest BCUT2D eigenvalue weighted by atomic mass is 9.94. The van der Waals surface area contributed by atoms with Gasteiger partial charge in [-0.25, -0.2) is 13.1 Å². The quantitative estimate of drug-likeness (QED) is 0.588. The number of hydrogen-bond acceptors (Lipinski definition) is 4. The van der Waals surface area contributed by atoms with Crippen molar-refractivity contribution in [2.24, 2.45) is 0 Å². The first-order valence-corrected chi connectivity index (χ1v) is 11.5. The van der Waals surface area contributed by atoms with Gasteiger partial charge in [-0.1, -0.05) is 36.4 Å². The molecule has 0 atom stereocenters. The molecule has 1 fully saturated rings. The molecule has 2 N–H and O–H groups in total. The first kappa shape index (κ1) is 21.1. The van der Waals surface area contributed by atoms with E-state index in [1.807, 2.05) is 48.5 Å². The van der Waals surface area contributed by atoms with Crippen molar-refractivity contribution in [2.75, 3.05) is 19.5 Å². The molecule has 1 amide bonds. The average molecular weight is 437 g/mol. The number of benzene rings is 3. The molecule has 6 nitrogen and oxygen atoms in total. The third-order valence-corrected chi connectivity index (χ3v) is 7.14. The summed E-state index contributed by atoms with van der Waals surface area (Å²) < 4.78 is 31.3. The monoisotopic (exact) mass is 436 g/mol. The minimum atomic E-state index is -3.48. The number of carbonyl (C=O) groups excluding carboxylic acids is 1. The second kappa shape index (κ2) is 8.17. The van der Waals surface area contributed by atoms with E-state index in [4.69, 9.17) is 4.74 Å². The Kier molecular flexibility index (Phi) is 5.56. The van der Waals surface area contributed by atoms with E-state index < -0.39 is 15.4 Å². The largest absolute Gasteiger partial charge is 0.497 e. The van der Waals surface area contributed by atoms with E-state index in [2.05, 4.69) is 10.0 Å². The molecule has 0 saturated heterocycles. The lowest BCUT2D eigenvalue weighted by Crippen LogP contribution is -2.27. The van der Waals surface area contributed by atoms with Crippen molar-refractivity contribution in [2.45, 2.75) is 23.2 Å². The number of ether oxygens (including phenoxy) is 1. The summed E-state index contributed by atoms with van der Waals surface area (Å²) >= 11 is 0. The molecule has 3 aromatic carbocycles. The molecule has 0 aromatic heterocycles. The summed E-state index contributed by atoms with van der Waals surface area (Å²) in [5, 5.41) is 3.05. The first-order chi connectivity index (χ1) is 14.9. The zero-order valence-electron chi connectivity index (χ0n) is 17.4. The Balaban J connectivity index is 1.53. The normalized spacial score (nSPS) is 14.6. The van der Waals surface area contributed by atoms with Crippen molar-refractivity contribution in [3.05, 3.63) is 78.4 Å². The molecule has 160 valence electrons. The number of rotatable bonds is 7. The highest BCUT2D eigenvalue weighted by atomic mass is 32.2. The number of methoxy groups -OCH3 is 1. The van der Waals surface area contributed by atoms with Crippen LogP contribution in [0, 0.1) is 0 Å². The zero-order valence-corrected chi connectivity index (χ0v) is 18.2. The van der Waals surface area contributed by atoms with E-state index in [1.54, 1.807) is 31.4 Å². The highest BCUT2D eigenvalue weighted by Crippen LogP contribution is 2.49. The van der Waals surface area contributed by atoms with Crippen molar-refractivity contribution in [1.29, 1.82) is 0 Å². The zero-order chi connectivity index (χ0) is 22.1. The molecular formula is C24H24N2O4S. The second-order valence-corrected chi connectivity index (χ2v) is 9.46. The Morgan fingerprint density at radius 3 is 2.19 bits per heavy atom. The van der Waals surface area contributed by atoms with Crippen LogP contribution in [0.4, 0.5) is 5.69 Å². The number of carbonyl (C=O) groups is 1. The van der Waals surface area contributed by atoms with Gasteiger partial charge in [0.05, 0.1) is 17.4 Å². The number of anilines is 1. The van der Waals surface area contributed by atoms with E-state index in [0.717, 1.165) is 35.3 Å². The molecule has 1 aliphatic rings. The SMILES string of the molecule is CNS(=O)(=O)c1ccc(-c2cccc(NC(=O)C3(c4ccc(OC)cc4)CC3)c2)cc1. The fourth-order valence-corrected chi connectivity index (χ4v) is 4.38. The maximum absolute atomic E-state index is 13.1. The number of nitrogens with one attached hydrogen (secondary N) is 2. The van der Waals surface area contributed by atoms with Crippen molar-refractivity contribution < 1.29 is 17.9 Å². The molecule has 0 spiro atoms. The molecular weight excluding hydrogens is 412 g/mol. The van der Waals surface area contributed by atoms with E-state index in [9.17, 15) is 13.2 Å². The topological polar surface area (TPSA) is 84.5 Å². The summed E-state index contributed by atoms with van der Waals surface area (Å²) in [7, 11) is -0.474. The Hall–Kier alpha value is -3.16. The molecule has 4 rings (SSSR count). The van der Waals surface area contributed by atoms with Crippen molar-refractivity contribution in [3.8, 4) is 16.9 Å². The maximum atomic E-state index is 13.1. The minimum absolute atomic E-state index is 0.0229. The average Bonchev–Trinajstić information content (AvgIpc) is 3.62. The van der Waals surface area contributed by atoms with Crippen LogP contribution in [0.5, 0.6) is 5.75 Å². The van der Waals surface area contributed by atoms with Crippen LogP contribution in [0.3, 0.4) is 0 Å². The van der Waals surface area contributed by atoms with Gasteiger partial charge < -0.3 is 10.1 Å². The van der Waals surface area contributed by atoms with Crippen molar-refractivity contribution in [3.63, 3.8) is 0 Å². The Bertz CT molecular complexity index is 1200. The summed E-state index contributed by atoms with van der Waals surface area (Å²) in [6, 6.07) is 21.8. The van der Waals surface area contributed by atoms with E-state index in [-0.39, 0.29) is 10.8 Å². The van der Waals surface area contributed by atoms with Crippen LogP contribution < -0.4 is 14.8 Å². The highest BCUT2D eigenvalue weighted by molar-refractivity contribution is 7.89. The molecule has 0 unspecified atom stereocenters. The van der Waals surface area contributed by atoms with Crippen LogP contribution in [0.2, 0.25) is 0 Å². The highest BCUT2D eigenvalue weighted by Gasteiger charge is 2.51. The molecule has 0 heterocycles. The summed E-state index contributed by atoms with van der Waals surface area (Å²) in [5.41, 5.74) is 2.95. The summed E-state index contributed by atoms with van der Waals surface area (Å²) in [6.45, 7) is 0. The van der Waals surface area contributed by atoms with Gasteiger partial charge in [0.1, 0.15) is 5.75 Å². The molecule has 1 saturated carbocycles. The maximum Gasteiger partial charge on any atom is 0.240 e. The van der Waals surface area contributed by atoms with Gasteiger partial charge in [0.2, 0.25) is 15.9 Å². The summed E-state index contributed by atoms with van der Waals surface area (Å²) in [4.78, 5) is 13.3. The van der Waals surface area contributed by atoms with Crippen LogP contribution in [0.1, 0.15) is 18.4 Å². The molecule has 3 aromatic rings. The van der Waals surface area contributed by atoms with Crippen molar-refractivity contribution >= 4 is 21.6 Å². The molecule has 1 aliphatic carbocycles. The molecule has 0 radical (unpaired) electrons. The lowest BCUT2D eigenvalue weighted by Gasteiger charge is -2.17. The predicted molar refractivity (Wildman–Crippen MR) is 121 cm³/mol. The van der Waals surface area contributed by atoms with E-state index in [0.29, 0.717) is 5.69 Å². The van der Waals surface area contributed by atoms with Crippen LogP contribution in [0.15, 0.2) is 77.7 Å². The van der Waals surface area contributed by atoms with Gasteiger partial charge in [0.15, 0.2) is 0 Å². The summed E-state index contributed by atoms with van der Waals surface area (Å²) in [5.74, 6) is 0.742. The van der Waals surface area contributed by atoms with Gasteiger partial charge in [-0.15, -0.1) is 0 Å². The Morgan fingerprint density at radius 1 is 0.935 bits per heavy atom. The van der Waals surface area contributed by atoms with E-state index >= 15 is 0 Å². The van der Waals surface area contributed by atoms with Crippen LogP contribution in [-0.2, 0) is 20.2 Å². The van der Waals surface area contributed by atoms with Gasteiger partial charge >= 0.3 is 0 Å². The lowest BCUT2D eigenvalue weighted by molar-refractivity contribution is -0.118. The van der Waals surface area contributed by atoms with Gasteiger partial charge in [0, 0.05) is 5.69 Å². The third-order valence-electron chi connectivity index (χ3n) is 5.71.